The van der Waals surface area contributed by atoms with E-state index in [1.807, 2.05) is 29.3 Å². The summed E-state index contributed by atoms with van der Waals surface area (Å²) in [6, 6.07) is 8.70. The molecule has 1 aliphatic rings. The van der Waals surface area contributed by atoms with E-state index in [0.29, 0.717) is 0 Å². The van der Waals surface area contributed by atoms with Crippen molar-refractivity contribution in [2.45, 2.75) is 13.5 Å². The fourth-order valence-corrected chi connectivity index (χ4v) is 3.63. The summed E-state index contributed by atoms with van der Waals surface area (Å²) >= 11 is 1.51. The average molecular weight is 318 g/mol. The minimum absolute atomic E-state index is 0.137. The van der Waals surface area contributed by atoms with E-state index in [1.165, 1.54) is 17.4 Å². The summed E-state index contributed by atoms with van der Waals surface area (Å²) in [6.45, 7) is 5.82. The number of amides is 1. The first kappa shape index (κ1) is 15.2. The maximum absolute atomic E-state index is 13.2. The van der Waals surface area contributed by atoms with Crippen LogP contribution in [0.4, 0.5) is 4.39 Å². The zero-order valence-electron chi connectivity index (χ0n) is 12.6. The number of carbonyl (C=O) groups is 1. The van der Waals surface area contributed by atoms with Crippen LogP contribution in [0.15, 0.2) is 35.7 Å². The maximum atomic E-state index is 13.2. The molecule has 0 N–H and O–H groups in total. The van der Waals surface area contributed by atoms with Crippen LogP contribution >= 0.6 is 11.3 Å². The molecular weight excluding hydrogens is 299 g/mol. The van der Waals surface area contributed by atoms with Gasteiger partial charge in [0.15, 0.2) is 0 Å². The summed E-state index contributed by atoms with van der Waals surface area (Å²) in [7, 11) is 0. The molecule has 116 valence electrons. The van der Waals surface area contributed by atoms with Crippen LogP contribution in [0.25, 0.3) is 0 Å². The Balaban J connectivity index is 1.56. The Kier molecular flexibility index (Phi) is 4.55. The first-order valence-corrected chi connectivity index (χ1v) is 8.31. The number of hydrogen-bond donors (Lipinski definition) is 0. The van der Waals surface area contributed by atoms with Gasteiger partial charge in [-0.05, 0) is 41.6 Å². The van der Waals surface area contributed by atoms with Gasteiger partial charge in [0.2, 0.25) is 0 Å². The van der Waals surface area contributed by atoms with Crippen molar-refractivity contribution in [3.8, 4) is 0 Å². The zero-order valence-corrected chi connectivity index (χ0v) is 13.4. The minimum atomic E-state index is -0.195. The number of carbonyl (C=O) groups excluding carboxylic acids is 1. The van der Waals surface area contributed by atoms with Gasteiger partial charge in [-0.3, -0.25) is 9.69 Å². The number of aryl methyl sites for hydroxylation is 1. The smallest absolute Gasteiger partial charge is 0.264 e. The molecule has 0 spiro atoms. The standard InChI is InChI=1S/C17H19FN2OS/c1-13-5-10-22-16(13)17(21)20-8-6-19(7-9-20)12-14-3-2-4-15(18)11-14/h2-5,10-11H,6-9,12H2,1H3. The summed E-state index contributed by atoms with van der Waals surface area (Å²) in [5, 5.41) is 1.96. The summed E-state index contributed by atoms with van der Waals surface area (Å²) in [4.78, 5) is 17.5. The van der Waals surface area contributed by atoms with E-state index in [9.17, 15) is 9.18 Å². The molecule has 0 radical (unpaired) electrons. The highest BCUT2D eigenvalue weighted by Crippen LogP contribution is 2.19. The largest absolute Gasteiger partial charge is 0.335 e. The summed E-state index contributed by atoms with van der Waals surface area (Å²) in [5.74, 6) is -0.0580. The molecule has 3 nitrogen and oxygen atoms in total. The fraction of sp³-hybridized carbons (Fsp3) is 0.353. The van der Waals surface area contributed by atoms with Gasteiger partial charge in [0.1, 0.15) is 5.82 Å². The molecule has 1 aliphatic heterocycles. The molecule has 0 atom stereocenters. The molecule has 5 heteroatoms. The van der Waals surface area contributed by atoms with E-state index >= 15 is 0 Å². The van der Waals surface area contributed by atoms with Gasteiger partial charge >= 0.3 is 0 Å². The van der Waals surface area contributed by atoms with Gasteiger partial charge in [0, 0.05) is 32.7 Å². The van der Waals surface area contributed by atoms with Crippen LogP contribution in [0, 0.1) is 12.7 Å². The Morgan fingerprint density at radius 1 is 1.23 bits per heavy atom. The fourth-order valence-electron chi connectivity index (χ4n) is 2.74. The second-order valence-corrected chi connectivity index (χ2v) is 6.55. The van der Waals surface area contributed by atoms with Gasteiger partial charge in [-0.15, -0.1) is 11.3 Å². The lowest BCUT2D eigenvalue weighted by molar-refractivity contribution is 0.0632. The van der Waals surface area contributed by atoms with E-state index in [1.54, 1.807) is 12.1 Å². The normalized spacial score (nSPS) is 16.0. The Morgan fingerprint density at radius 3 is 2.64 bits per heavy atom. The molecule has 1 saturated heterocycles. The molecule has 22 heavy (non-hydrogen) atoms. The number of hydrogen-bond acceptors (Lipinski definition) is 3. The van der Waals surface area contributed by atoms with Gasteiger partial charge < -0.3 is 4.90 Å². The predicted molar refractivity (Wildman–Crippen MR) is 86.6 cm³/mol. The highest BCUT2D eigenvalue weighted by Gasteiger charge is 2.23. The first-order chi connectivity index (χ1) is 10.6. The summed E-state index contributed by atoms with van der Waals surface area (Å²) in [6.07, 6.45) is 0. The van der Waals surface area contributed by atoms with Crippen molar-refractivity contribution in [1.29, 1.82) is 0 Å². The van der Waals surface area contributed by atoms with Gasteiger partial charge in [-0.25, -0.2) is 4.39 Å². The van der Waals surface area contributed by atoms with Gasteiger partial charge in [-0.2, -0.15) is 0 Å². The van der Waals surface area contributed by atoms with Crippen LogP contribution in [0.3, 0.4) is 0 Å². The van der Waals surface area contributed by atoms with E-state index in [2.05, 4.69) is 4.90 Å². The number of nitrogens with zero attached hydrogens (tertiary/aromatic N) is 2. The first-order valence-electron chi connectivity index (χ1n) is 7.43. The molecule has 0 aliphatic carbocycles. The molecule has 1 aromatic heterocycles. The van der Waals surface area contributed by atoms with Crippen LogP contribution < -0.4 is 0 Å². The van der Waals surface area contributed by atoms with Crippen LogP contribution in [-0.4, -0.2) is 41.9 Å². The zero-order chi connectivity index (χ0) is 15.5. The third-order valence-corrected chi connectivity index (χ3v) is 5.02. The van der Waals surface area contributed by atoms with Crippen LogP contribution in [0.1, 0.15) is 20.8 Å². The van der Waals surface area contributed by atoms with Gasteiger partial charge in [0.25, 0.3) is 5.91 Å². The molecule has 0 saturated carbocycles. The van der Waals surface area contributed by atoms with Gasteiger partial charge in [0.05, 0.1) is 4.88 Å². The maximum Gasteiger partial charge on any atom is 0.264 e. The third-order valence-electron chi connectivity index (χ3n) is 4.01. The molecule has 2 heterocycles. The summed E-state index contributed by atoms with van der Waals surface area (Å²) in [5.41, 5.74) is 2.03. The lowest BCUT2D eigenvalue weighted by Gasteiger charge is -2.34. The number of benzene rings is 1. The highest BCUT2D eigenvalue weighted by atomic mass is 32.1. The molecule has 0 unspecified atom stereocenters. The quantitative estimate of drug-likeness (QED) is 0.868. The topological polar surface area (TPSA) is 23.6 Å². The number of rotatable bonds is 3. The van der Waals surface area contributed by atoms with E-state index < -0.39 is 0 Å². The Morgan fingerprint density at radius 2 is 2.00 bits per heavy atom. The number of piperazine rings is 1. The van der Waals surface area contributed by atoms with E-state index in [0.717, 1.165) is 48.7 Å². The van der Waals surface area contributed by atoms with Crippen LogP contribution in [0.2, 0.25) is 0 Å². The second kappa shape index (κ2) is 6.58. The van der Waals surface area contributed by atoms with Crippen molar-refractivity contribution in [2.24, 2.45) is 0 Å². The van der Waals surface area contributed by atoms with Crippen molar-refractivity contribution >= 4 is 17.2 Å². The molecule has 3 rings (SSSR count). The van der Waals surface area contributed by atoms with Crippen LogP contribution in [0.5, 0.6) is 0 Å². The molecule has 1 amide bonds. The van der Waals surface area contributed by atoms with Crippen molar-refractivity contribution < 1.29 is 9.18 Å². The van der Waals surface area contributed by atoms with Crippen molar-refractivity contribution in [3.05, 3.63) is 57.5 Å². The Labute approximate surface area is 134 Å². The monoisotopic (exact) mass is 318 g/mol. The van der Waals surface area contributed by atoms with Crippen molar-refractivity contribution in [3.63, 3.8) is 0 Å². The second-order valence-electron chi connectivity index (χ2n) is 5.63. The number of halogens is 1. The molecule has 1 fully saturated rings. The van der Waals surface area contributed by atoms with Crippen molar-refractivity contribution in [2.75, 3.05) is 26.2 Å². The average Bonchev–Trinajstić information content (AvgIpc) is 2.93. The van der Waals surface area contributed by atoms with E-state index in [-0.39, 0.29) is 11.7 Å². The minimum Gasteiger partial charge on any atom is -0.335 e. The Bertz CT molecular complexity index is 662. The lowest BCUT2D eigenvalue weighted by Crippen LogP contribution is -2.48. The number of thiophene rings is 1. The molecule has 0 bridgehead atoms. The van der Waals surface area contributed by atoms with Crippen LogP contribution in [-0.2, 0) is 6.54 Å². The molecule has 1 aromatic carbocycles. The molecule has 2 aromatic rings. The van der Waals surface area contributed by atoms with E-state index in [4.69, 9.17) is 0 Å². The molecular formula is C17H19FN2OS. The lowest BCUT2D eigenvalue weighted by atomic mass is 10.2. The Hall–Kier alpha value is -1.72. The highest BCUT2D eigenvalue weighted by molar-refractivity contribution is 7.12. The van der Waals surface area contributed by atoms with Gasteiger partial charge in [-0.1, -0.05) is 12.1 Å². The third kappa shape index (κ3) is 3.36. The summed E-state index contributed by atoms with van der Waals surface area (Å²) < 4.78 is 13.2. The predicted octanol–water partition coefficient (Wildman–Crippen LogP) is 3.15. The van der Waals surface area contributed by atoms with Crippen molar-refractivity contribution in [1.82, 2.24) is 9.80 Å². The SMILES string of the molecule is Cc1ccsc1C(=O)N1CCN(Cc2cccc(F)c2)CC1.